The maximum Gasteiger partial charge on any atom is 0.404 e. The molecular weight excluding hydrogens is 426 g/mol. The molecule has 7 heteroatoms. The van der Waals surface area contributed by atoms with E-state index in [0.717, 1.165) is 41.4 Å². The van der Waals surface area contributed by atoms with Gasteiger partial charge in [0.1, 0.15) is 0 Å². The van der Waals surface area contributed by atoms with E-state index in [1.54, 1.807) is 6.07 Å². The number of pyridine rings is 1. The van der Waals surface area contributed by atoms with E-state index in [0.29, 0.717) is 17.1 Å². The number of carbonyl (C=O) groups is 2. The zero-order chi connectivity index (χ0) is 23.1. The minimum atomic E-state index is -1.01. The molecule has 1 aromatic heterocycles. The van der Waals surface area contributed by atoms with Gasteiger partial charge in [-0.1, -0.05) is 48.9 Å². The van der Waals surface area contributed by atoms with Crippen LogP contribution in [0.15, 0.2) is 54.6 Å². The van der Waals surface area contributed by atoms with Crippen molar-refractivity contribution in [3.05, 3.63) is 70.9 Å². The molecule has 0 aliphatic carbocycles. The summed E-state index contributed by atoms with van der Waals surface area (Å²) in [4.78, 5) is 28.1. The Bertz CT molecular complexity index is 1090. The van der Waals surface area contributed by atoms with Crippen LogP contribution in [-0.2, 0) is 11.2 Å². The third-order valence-corrected chi connectivity index (χ3v) is 5.76. The number of carboxylic acid groups (broad SMARTS) is 1. The maximum absolute atomic E-state index is 12.7. The van der Waals surface area contributed by atoms with Gasteiger partial charge in [0.2, 0.25) is 5.91 Å². The second-order valence-electron chi connectivity index (χ2n) is 8.10. The zero-order valence-corrected chi connectivity index (χ0v) is 19.0. The van der Waals surface area contributed by atoms with Crippen molar-refractivity contribution in [2.75, 3.05) is 5.32 Å². The van der Waals surface area contributed by atoms with Crippen LogP contribution in [0, 0.1) is 0 Å². The van der Waals surface area contributed by atoms with Gasteiger partial charge in [0.25, 0.3) is 0 Å². The molecule has 0 saturated carbocycles. The highest BCUT2D eigenvalue weighted by Crippen LogP contribution is 2.31. The number of amides is 2. The lowest BCUT2D eigenvalue weighted by molar-refractivity contribution is -0.116. The first-order valence-electron chi connectivity index (χ1n) is 10.8. The Labute approximate surface area is 193 Å². The Morgan fingerprint density at radius 2 is 1.81 bits per heavy atom. The number of nitrogens with zero attached hydrogens (tertiary/aromatic N) is 1. The fraction of sp³-hybridized carbons (Fsp3) is 0.320. The number of carbonyl (C=O) groups excluding carboxylic acids is 1. The molecule has 2 amide bonds. The Balaban J connectivity index is 1.67. The summed E-state index contributed by atoms with van der Waals surface area (Å²) < 4.78 is 0. The largest absolute Gasteiger partial charge is 0.465 e. The summed E-state index contributed by atoms with van der Waals surface area (Å²) in [5.41, 5.74) is 3.37. The number of benzene rings is 2. The Hall–Kier alpha value is -3.12. The van der Waals surface area contributed by atoms with Gasteiger partial charge in [-0.25, -0.2) is 4.79 Å². The van der Waals surface area contributed by atoms with Crippen LogP contribution >= 0.6 is 11.6 Å². The monoisotopic (exact) mass is 453 g/mol. The van der Waals surface area contributed by atoms with Gasteiger partial charge in [0.15, 0.2) is 0 Å². The molecule has 6 nitrogen and oxygen atoms in total. The van der Waals surface area contributed by atoms with E-state index in [9.17, 15) is 9.59 Å². The lowest BCUT2D eigenvalue weighted by atomic mass is 9.97. The first kappa shape index (κ1) is 23.5. The number of hydrogen-bond donors (Lipinski definition) is 3. The molecule has 3 rings (SSSR count). The molecule has 0 fully saturated rings. The molecule has 1 unspecified atom stereocenters. The maximum atomic E-state index is 12.7. The fourth-order valence-corrected chi connectivity index (χ4v) is 3.94. The summed E-state index contributed by atoms with van der Waals surface area (Å²) in [7, 11) is 0. The number of fused-ring (bicyclic) bond motifs is 1. The normalized spacial score (nSPS) is 12.8. The molecule has 168 valence electrons. The SMILES string of the molecule is CC(CCCc1ccc2c(NC(=O)C[C@@H](C)c3ccccc3)c(Cl)ccc2n1)NC(=O)O. The fourth-order valence-electron chi connectivity index (χ4n) is 3.73. The number of rotatable bonds is 9. The van der Waals surface area contributed by atoms with E-state index in [2.05, 4.69) is 10.6 Å². The van der Waals surface area contributed by atoms with Crippen molar-refractivity contribution in [1.82, 2.24) is 10.3 Å². The molecule has 3 N–H and O–H groups in total. The summed E-state index contributed by atoms with van der Waals surface area (Å²) in [5, 5.41) is 15.5. The van der Waals surface area contributed by atoms with Crippen LogP contribution in [0.2, 0.25) is 5.02 Å². The van der Waals surface area contributed by atoms with Crippen LogP contribution in [0.1, 0.15) is 50.3 Å². The number of halogens is 1. The first-order valence-corrected chi connectivity index (χ1v) is 11.1. The van der Waals surface area contributed by atoms with E-state index in [4.69, 9.17) is 21.7 Å². The molecule has 0 spiro atoms. The van der Waals surface area contributed by atoms with Crippen LogP contribution in [0.5, 0.6) is 0 Å². The van der Waals surface area contributed by atoms with Crippen molar-refractivity contribution in [2.45, 2.75) is 51.5 Å². The van der Waals surface area contributed by atoms with Crippen molar-refractivity contribution >= 4 is 40.2 Å². The minimum Gasteiger partial charge on any atom is -0.465 e. The average Bonchev–Trinajstić information content (AvgIpc) is 2.75. The predicted octanol–water partition coefficient (Wildman–Crippen LogP) is 6.00. The standard InChI is InChI=1S/C25H28ClN3O3/c1-16(18-8-4-3-5-9-18)15-23(30)29-24-20-12-11-19(28-22(20)14-13-21(24)26)10-6-7-17(2)27-25(31)32/h3-5,8-9,11-14,16-17,27H,6-7,10,15H2,1-2H3,(H,29,30)(H,31,32)/t16-,17?/m1/s1. The van der Waals surface area contributed by atoms with Crippen LogP contribution < -0.4 is 10.6 Å². The lowest BCUT2D eigenvalue weighted by Gasteiger charge is -2.15. The van der Waals surface area contributed by atoms with Gasteiger partial charge in [-0.2, -0.15) is 0 Å². The summed E-state index contributed by atoms with van der Waals surface area (Å²) in [6, 6.07) is 17.3. The smallest absolute Gasteiger partial charge is 0.404 e. The van der Waals surface area contributed by atoms with Crippen LogP contribution in [-0.4, -0.2) is 28.1 Å². The molecule has 0 aliphatic rings. The van der Waals surface area contributed by atoms with Crippen molar-refractivity contribution in [2.24, 2.45) is 0 Å². The van der Waals surface area contributed by atoms with Gasteiger partial charge in [-0.15, -0.1) is 0 Å². The number of nitrogens with one attached hydrogen (secondary N) is 2. The van der Waals surface area contributed by atoms with Gasteiger partial charge < -0.3 is 15.7 Å². The van der Waals surface area contributed by atoms with E-state index in [1.165, 1.54) is 0 Å². The molecule has 32 heavy (non-hydrogen) atoms. The molecule has 0 aliphatic heterocycles. The first-order chi connectivity index (χ1) is 15.3. The van der Waals surface area contributed by atoms with Gasteiger partial charge in [-0.3, -0.25) is 9.78 Å². The number of anilines is 1. The summed E-state index contributed by atoms with van der Waals surface area (Å²) in [6.07, 6.45) is 1.62. The van der Waals surface area contributed by atoms with Crippen LogP contribution in [0.3, 0.4) is 0 Å². The molecular formula is C25H28ClN3O3. The van der Waals surface area contributed by atoms with Crippen LogP contribution in [0.4, 0.5) is 10.5 Å². The van der Waals surface area contributed by atoms with E-state index in [1.807, 2.05) is 62.4 Å². The molecule has 3 aromatic rings. The molecule has 0 radical (unpaired) electrons. The highest BCUT2D eigenvalue weighted by molar-refractivity contribution is 6.35. The van der Waals surface area contributed by atoms with Gasteiger partial charge >= 0.3 is 6.09 Å². The lowest BCUT2D eigenvalue weighted by Crippen LogP contribution is -2.30. The van der Waals surface area contributed by atoms with Gasteiger partial charge in [0.05, 0.1) is 16.2 Å². The van der Waals surface area contributed by atoms with E-state index < -0.39 is 6.09 Å². The molecule has 0 saturated heterocycles. The highest BCUT2D eigenvalue weighted by Gasteiger charge is 2.15. The third kappa shape index (κ3) is 6.44. The number of hydrogen-bond acceptors (Lipinski definition) is 3. The number of aromatic nitrogens is 1. The second-order valence-corrected chi connectivity index (χ2v) is 8.51. The minimum absolute atomic E-state index is 0.0905. The summed E-state index contributed by atoms with van der Waals surface area (Å²) in [5.74, 6) is -0.00700. The van der Waals surface area contributed by atoms with Crippen molar-refractivity contribution in [3.8, 4) is 0 Å². The third-order valence-electron chi connectivity index (χ3n) is 5.44. The zero-order valence-electron chi connectivity index (χ0n) is 18.3. The van der Waals surface area contributed by atoms with Crippen molar-refractivity contribution < 1.29 is 14.7 Å². The Morgan fingerprint density at radius 3 is 2.53 bits per heavy atom. The van der Waals surface area contributed by atoms with Crippen LogP contribution in [0.25, 0.3) is 10.9 Å². The summed E-state index contributed by atoms with van der Waals surface area (Å²) in [6.45, 7) is 3.87. The molecule has 2 aromatic carbocycles. The predicted molar refractivity (Wildman–Crippen MR) is 128 cm³/mol. The summed E-state index contributed by atoms with van der Waals surface area (Å²) >= 11 is 6.40. The van der Waals surface area contributed by atoms with Crippen molar-refractivity contribution in [1.29, 1.82) is 0 Å². The molecule has 2 atom stereocenters. The molecule has 1 heterocycles. The Kier molecular flexibility index (Phi) is 8.06. The Morgan fingerprint density at radius 1 is 1.06 bits per heavy atom. The van der Waals surface area contributed by atoms with Gasteiger partial charge in [-0.05, 0) is 61.9 Å². The average molecular weight is 454 g/mol. The van der Waals surface area contributed by atoms with E-state index in [-0.39, 0.29) is 17.9 Å². The highest BCUT2D eigenvalue weighted by atomic mass is 35.5. The number of aryl methyl sites for hydroxylation is 1. The topological polar surface area (TPSA) is 91.3 Å². The quantitative estimate of drug-likeness (QED) is 0.370. The van der Waals surface area contributed by atoms with Crippen molar-refractivity contribution in [3.63, 3.8) is 0 Å². The van der Waals surface area contributed by atoms with Gasteiger partial charge in [0, 0.05) is 23.5 Å². The second kappa shape index (κ2) is 11.0. The molecule has 0 bridgehead atoms. The van der Waals surface area contributed by atoms with E-state index >= 15 is 0 Å².